The Morgan fingerprint density at radius 1 is 1.12 bits per heavy atom. The minimum absolute atomic E-state index is 0.162. The van der Waals surface area contributed by atoms with Gasteiger partial charge in [-0.2, -0.15) is 0 Å². The van der Waals surface area contributed by atoms with Crippen molar-refractivity contribution < 1.29 is 17.9 Å². The van der Waals surface area contributed by atoms with Crippen LogP contribution in [-0.2, 0) is 16.6 Å². The van der Waals surface area contributed by atoms with Crippen LogP contribution >= 0.6 is 0 Å². The van der Waals surface area contributed by atoms with Crippen LogP contribution in [0.1, 0.15) is 16.1 Å². The lowest BCUT2D eigenvalue weighted by Gasteiger charge is -2.04. The molecule has 0 saturated heterocycles. The molecular weight excluding hydrogens is 328 g/mol. The zero-order chi connectivity index (χ0) is 16.8. The van der Waals surface area contributed by atoms with Crippen LogP contribution < -0.4 is 5.32 Å². The lowest BCUT2D eigenvalue weighted by atomic mass is 10.2. The summed E-state index contributed by atoms with van der Waals surface area (Å²) in [6.07, 6.45) is 1.51. The van der Waals surface area contributed by atoms with Crippen LogP contribution in [0, 0.1) is 0 Å². The number of carbonyl (C=O) groups excluding carboxylic acids is 1. The van der Waals surface area contributed by atoms with Crippen molar-refractivity contribution in [3.63, 3.8) is 0 Å². The fourth-order valence-electron chi connectivity index (χ4n) is 2.12. The third-order valence-electron chi connectivity index (χ3n) is 3.29. The predicted molar refractivity (Wildman–Crippen MR) is 89.7 cm³/mol. The van der Waals surface area contributed by atoms with E-state index in [1.54, 1.807) is 12.1 Å². The molecule has 0 saturated carbocycles. The van der Waals surface area contributed by atoms with E-state index in [4.69, 9.17) is 8.94 Å². The summed E-state index contributed by atoms with van der Waals surface area (Å²) in [6.45, 7) is 0.307. The second kappa shape index (κ2) is 7.74. The maximum atomic E-state index is 12.0. The van der Waals surface area contributed by atoms with E-state index in [1.165, 1.54) is 12.3 Å². The predicted octanol–water partition coefficient (Wildman–Crippen LogP) is 2.61. The van der Waals surface area contributed by atoms with E-state index in [-0.39, 0.29) is 11.6 Å². The molecule has 6 nitrogen and oxygen atoms in total. The molecule has 7 heteroatoms. The normalized spacial score (nSPS) is 12.0. The van der Waals surface area contributed by atoms with E-state index in [2.05, 4.69) is 10.5 Å². The zero-order valence-corrected chi connectivity index (χ0v) is 13.6. The first-order valence-corrected chi connectivity index (χ1v) is 8.89. The van der Waals surface area contributed by atoms with Crippen LogP contribution in [0.15, 0.2) is 63.7 Å². The van der Waals surface area contributed by atoms with Crippen molar-refractivity contribution in [1.82, 2.24) is 10.5 Å². The lowest BCUT2D eigenvalue weighted by molar-refractivity contribution is 0.0947. The standard InChI is InChI=1S/C17H16N2O4S/c20-17(14-11-16(23-19-14)15-7-4-9-22-15)18-8-10-24(21)12-13-5-2-1-3-6-13/h1-7,9,11H,8,10,12H2,(H,18,20)/t24-/m0/s1. The maximum Gasteiger partial charge on any atom is 0.273 e. The monoisotopic (exact) mass is 344 g/mol. The number of hydrogen-bond acceptors (Lipinski definition) is 5. The molecule has 1 aromatic carbocycles. The van der Waals surface area contributed by atoms with E-state index in [0.717, 1.165) is 5.56 Å². The van der Waals surface area contributed by atoms with Gasteiger partial charge in [0, 0.05) is 34.9 Å². The van der Waals surface area contributed by atoms with E-state index >= 15 is 0 Å². The minimum atomic E-state index is -1.04. The highest BCUT2D eigenvalue weighted by molar-refractivity contribution is 7.84. The molecule has 24 heavy (non-hydrogen) atoms. The Morgan fingerprint density at radius 3 is 2.71 bits per heavy atom. The fraction of sp³-hybridized carbons (Fsp3) is 0.176. The van der Waals surface area contributed by atoms with Gasteiger partial charge in [0.2, 0.25) is 5.76 Å². The van der Waals surface area contributed by atoms with Crippen molar-refractivity contribution in [2.24, 2.45) is 0 Å². The van der Waals surface area contributed by atoms with Gasteiger partial charge in [0.25, 0.3) is 5.91 Å². The molecule has 0 bridgehead atoms. The molecule has 1 atom stereocenters. The summed E-state index contributed by atoms with van der Waals surface area (Å²) < 4.78 is 22.3. The average molecular weight is 344 g/mol. The number of amides is 1. The van der Waals surface area contributed by atoms with Gasteiger partial charge >= 0.3 is 0 Å². The van der Waals surface area contributed by atoms with Gasteiger partial charge in [0.15, 0.2) is 11.5 Å². The van der Waals surface area contributed by atoms with Crippen molar-refractivity contribution in [1.29, 1.82) is 0 Å². The second-order valence-electron chi connectivity index (χ2n) is 5.08. The number of furan rings is 1. The van der Waals surface area contributed by atoms with Gasteiger partial charge < -0.3 is 14.3 Å². The third-order valence-corrected chi connectivity index (χ3v) is 4.61. The summed E-state index contributed by atoms with van der Waals surface area (Å²) in [5.41, 5.74) is 1.18. The summed E-state index contributed by atoms with van der Waals surface area (Å²) in [5, 5.41) is 6.40. The molecule has 0 aliphatic rings. The van der Waals surface area contributed by atoms with Crippen molar-refractivity contribution in [3.05, 3.63) is 66.1 Å². The number of carbonyl (C=O) groups is 1. The third kappa shape index (κ3) is 4.20. The summed E-state index contributed by atoms with van der Waals surface area (Å²) in [5.74, 6) is 1.38. The summed E-state index contributed by atoms with van der Waals surface area (Å²) in [6, 6.07) is 14.6. The van der Waals surface area contributed by atoms with Gasteiger partial charge in [-0.15, -0.1) is 0 Å². The molecule has 124 valence electrons. The van der Waals surface area contributed by atoms with E-state index in [0.29, 0.717) is 29.6 Å². The lowest BCUT2D eigenvalue weighted by Crippen LogP contribution is -2.28. The quantitative estimate of drug-likeness (QED) is 0.712. The zero-order valence-electron chi connectivity index (χ0n) is 12.8. The van der Waals surface area contributed by atoms with Crippen molar-refractivity contribution in [2.75, 3.05) is 12.3 Å². The van der Waals surface area contributed by atoms with E-state index in [9.17, 15) is 9.00 Å². The first kappa shape index (κ1) is 16.2. The number of aromatic nitrogens is 1. The number of nitrogens with zero attached hydrogens (tertiary/aromatic N) is 1. The van der Waals surface area contributed by atoms with Crippen LogP contribution in [0.25, 0.3) is 11.5 Å². The molecule has 0 radical (unpaired) electrons. The molecule has 3 rings (SSSR count). The largest absolute Gasteiger partial charge is 0.461 e. The Balaban J connectivity index is 1.46. The Hall–Kier alpha value is -2.67. The highest BCUT2D eigenvalue weighted by Gasteiger charge is 2.15. The van der Waals surface area contributed by atoms with Gasteiger partial charge in [-0.1, -0.05) is 35.5 Å². The molecule has 0 fully saturated rings. The number of benzene rings is 1. The SMILES string of the molecule is O=C(NCC[S@](=O)Cc1ccccc1)c1cc(-c2ccco2)on1. The number of rotatable bonds is 7. The minimum Gasteiger partial charge on any atom is -0.461 e. The van der Waals surface area contributed by atoms with Gasteiger partial charge in [-0.05, 0) is 17.7 Å². The molecule has 1 amide bonds. The van der Waals surface area contributed by atoms with Crippen LogP contribution in [0.4, 0.5) is 0 Å². The van der Waals surface area contributed by atoms with E-state index in [1.807, 2.05) is 30.3 Å². The van der Waals surface area contributed by atoms with Crippen LogP contribution in [0.5, 0.6) is 0 Å². The van der Waals surface area contributed by atoms with Crippen molar-refractivity contribution >= 4 is 16.7 Å². The average Bonchev–Trinajstić information content (AvgIpc) is 3.27. The highest BCUT2D eigenvalue weighted by Crippen LogP contribution is 2.20. The molecule has 2 heterocycles. The van der Waals surface area contributed by atoms with Crippen molar-refractivity contribution in [3.8, 4) is 11.5 Å². The first-order valence-electron chi connectivity index (χ1n) is 7.40. The first-order chi connectivity index (χ1) is 11.7. The van der Waals surface area contributed by atoms with Crippen molar-refractivity contribution in [2.45, 2.75) is 5.75 Å². The Bertz CT molecular complexity index is 812. The second-order valence-corrected chi connectivity index (χ2v) is 6.66. The maximum absolute atomic E-state index is 12.0. The van der Waals surface area contributed by atoms with Crippen LogP contribution in [-0.4, -0.2) is 27.6 Å². The summed E-state index contributed by atoms with van der Waals surface area (Å²) in [4.78, 5) is 12.0. The Morgan fingerprint density at radius 2 is 1.96 bits per heavy atom. The number of hydrogen-bond donors (Lipinski definition) is 1. The number of nitrogens with one attached hydrogen (secondary N) is 1. The molecule has 1 N–H and O–H groups in total. The van der Waals surface area contributed by atoms with Gasteiger partial charge in [-0.25, -0.2) is 0 Å². The Kier molecular flexibility index (Phi) is 5.22. The highest BCUT2D eigenvalue weighted by atomic mass is 32.2. The molecule has 0 aliphatic carbocycles. The van der Waals surface area contributed by atoms with Gasteiger partial charge in [-0.3, -0.25) is 9.00 Å². The Labute approximate surface area is 141 Å². The fourth-order valence-corrected chi connectivity index (χ4v) is 3.16. The van der Waals surface area contributed by atoms with Gasteiger partial charge in [0.1, 0.15) is 0 Å². The van der Waals surface area contributed by atoms with Gasteiger partial charge in [0.05, 0.1) is 6.26 Å². The molecule has 0 aliphatic heterocycles. The smallest absolute Gasteiger partial charge is 0.273 e. The topological polar surface area (TPSA) is 85.3 Å². The molecule has 0 spiro atoms. The van der Waals surface area contributed by atoms with Crippen LogP contribution in [0.3, 0.4) is 0 Å². The van der Waals surface area contributed by atoms with E-state index < -0.39 is 10.8 Å². The summed E-state index contributed by atoms with van der Waals surface area (Å²) in [7, 11) is -1.04. The molecule has 2 aromatic heterocycles. The summed E-state index contributed by atoms with van der Waals surface area (Å²) >= 11 is 0. The molecular formula is C17H16N2O4S. The van der Waals surface area contributed by atoms with Crippen LogP contribution in [0.2, 0.25) is 0 Å². The molecule has 3 aromatic rings. The molecule has 0 unspecified atom stereocenters.